The Morgan fingerprint density at radius 3 is 2.25 bits per heavy atom. The molecule has 0 fully saturated rings. The minimum absolute atomic E-state index is 0.433. The SMILES string of the molecule is Cc1nc(NC(=O)C(=O)Nc2ccc(I)cc2)sc1C. The second-order valence-electron chi connectivity index (χ2n) is 4.08. The fourth-order valence-electron chi connectivity index (χ4n) is 1.40. The Morgan fingerprint density at radius 2 is 1.70 bits per heavy atom. The van der Waals surface area contributed by atoms with Gasteiger partial charge < -0.3 is 5.32 Å². The van der Waals surface area contributed by atoms with Gasteiger partial charge in [-0.2, -0.15) is 0 Å². The van der Waals surface area contributed by atoms with Gasteiger partial charge in [0.25, 0.3) is 0 Å². The minimum Gasteiger partial charge on any atom is -0.318 e. The zero-order chi connectivity index (χ0) is 14.7. The lowest BCUT2D eigenvalue weighted by molar-refractivity contribution is -0.132. The summed E-state index contributed by atoms with van der Waals surface area (Å²) in [5, 5.41) is 5.46. The molecule has 2 rings (SSSR count). The van der Waals surface area contributed by atoms with E-state index in [0.717, 1.165) is 14.1 Å². The molecule has 1 heterocycles. The molecule has 0 aliphatic heterocycles. The number of aromatic nitrogens is 1. The van der Waals surface area contributed by atoms with Gasteiger partial charge in [-0.25, -0.2) is 4.98 Å². The summed E-state index contributed by atoms with van der Waals surface area (Å²) in [7, 11) is 0. The second kappa shape index (κ2) is 6.31. The Balaban J connectivity index is 1.98. The third kappa shape index (κ3) is 3.76. The highest BCUT2D eigenvalue weighted by Gasteiger charge is 2.16. The van der Waals surface area contributed by atoms with E-state index >= 15 is 0 Å². The first-order valence-electron chi connectivity index (χ1n) is 5.77. The molecule has 0 unspecified atom stereocenters. The van der Waals surface area contributed by atoms with Crippen LogP contribution in [0.4, 0.5) is 10.8 Å². The summed E-state index contributed by atoms with van der Waals surface area (Å²) in [6.07, 6.45) is 0. The molecular formula is C13H12IN3O2S. The molecule has 0 aliphatic rings. The lowest BCUT2D eigenvalue weighted by atomic mass is 10.3. The predicted octanol–water partition coefficient (Wildman–Crippen LogP) is 2.94. The normalized spacial score (nSPS) is 10.2. The number of amides is 2. The Bertz CT molecular complexity index is 633. The first kappa shape index (κ1) is 14.9. The number of rotatable bonds is 2. The van der Waals surface area contributed by atoms with Crippen molar-refractivity contribution in [2.75, 3.05) is 10.6 Å². The summed E-state index contributed by atoms with van der Waals surface area (Å²) >= 11 is 3.51. The van der Waals surface area contributed by atoms with E-state index in [4.69, 9.17) is 0 Å². The fourth-order valence-corrected chi connectivity index (χ4v) is 2.57. The van der Waals surface area contributed by atoms with Gasteiger partial charge in [0.05, 0.1) is 5.69 Å². The van der Waals surface area contributed by atoms with E-state index in [0.29, 0.717) is 10.8 Å². The third-order valence-corrected chi connectivity index (χ3v) is 4.26. The topological polar surface area (TPSA) is 71.1 Å². The smallest absolute Gasteiger partial charge is 0.315 e. The predicted molar refractivity (Wildman–Crippen MR) is 88.0 cm³/mol. The molecule has 1 aromatic heterocycles. The van der Waals surface area contributed by atoms with Crippen LogP contribution in [0, 0.1) is 17.4 Å². The molecular weight excluding hydrogens is 389 g/mol. The van der Waals surface area contributed by atoms with Crippen LogP contribution in [0.25, 0.3) is 0 Å². The Kier molecular flexibility index (Phi) is 4.71. The van der Waals surface area contributed by atoms with E-state index in [1.165, 1.54) is 11.3 Å². The molecule has 5 nitrogen and oxygen atoms in total. The summed E-state index contributed by atoms with van der Waals surface area (Å²) in [4.78, 5) is 28.7. The van der Waals surface area contributed by atoms with Gasteiger partial charge >= 0.3 is 11.8 Å². The maximum absolute atomic E-state index is 11.7. The van der Waals surface area contributed by atoms with E-state index in [1.807, 2.05) is 26.0 Å². The van der Waals surface area contributed by atoms with Crippen LogP contribution in [0.5, 0.6) is 0 Å². The number of carbonyl (C=O) groups excluding carboxylic acids is 2. The lowest BCUT2D eigenvalue weighted by Crippen LogP contribution is -2.29. The molecule has 0 atom stereocenters. The van der Waals surface area contributed by atoms with Crippen LogP contribution in [0.15, 0.2) is 24.3 Å². The standard InChI is InChI=1S/C13H12IN3O2S/c1-7-8(2)20-13(15-7)17-12(19)11(18)16-10-5-3-9(14)4-6-10/h3-6H,1-2H3,(H,16,18)(H,15,17,19). The number of thiazole rings is 1. The van der Waals surface area contributed by atoms with Gasteiger partial charge in [-0.3, -0.25) is 14.9 Å². The number of benzene rings is 1. The number of aryl methyl sites for hydroxylation is 2. The van der Waals surface area contributed by atoms with Crippen LogP contribution in [-0.2, 0) is 9.59 Å². The molecule has 2 N–H and O–H groups in total. The number of nitrogens with zero attached hydrogens (tertiary/aromatic N) is 1. The highest BCUT2D eigenvalue weighted by atomic mass is 127. The van der Waals surface area contributed by atoms with E-state index in [1.54, 1.807) is 12.1 Å². The van der Waals surface area contributed by atoms with Crippen molar-refractivity contribution in [2.45, 2.75) is 13.8 Å². The van der Waals surface area contributed by atoms with Crippen molar-refractivity contribution in [3.63, 3.8) is 0 Å². The average molecular weight is 401 g/mol. The highest BCUT2D eigenvalue weighted by Crippen LogP contribution is 2.21. The van der Waals surface area contributed by atoms with E-state index in [2.05, 4.69) is 38.2 Å². The van der Waals surface area contributed by atoms with Crippen LogP contribution in [-0.4, -0.2) is 16.8 Å². The van der Waals surface area contributed by atoms with Gasteiger partial charge in [-0.1, -0.05) is 0 Å². The maximum Gasteiger partial charge on any atom is 0.315 e. The van der Waals surface area contributed by atoms with Crippen molar-refractivity contribution < 1.29 is 9.59 Å². The zero-order valence-corrected chi connectivity index (χ0v) is 13.8. The summed E-state index contributed by atoms with van der Waals surface area (Å²) in [5.41, 5.74) is 1.43. The monoisotopic (exact) mass is 401 g/mol. The molecule has 2 aromatic rings. The summed E-state index contributed by atoms with van der Waals surface area (Å²) in [6.45, 7) is 3.77. The molecule has 0 spiro atoms. The molecule has 0 bridgehead atoms. The zero-order valence-electron chi connectivity index (χ0n) is 10.9. The number of carbonyl (C=O) groups is 2. The Hall–Kier alpha value is -1.48. The number of halogens is 1. The van der Waals surface area contributed by atoms with Crippen molar-refractivity contribution in [1.29, 1.82) is 0 Å². The van der Waals surface area contributed by atoms with Gasteiger partial charge in [-0.05, 0) is 60.7 Å². The van der Waals surface area contributed by atoms with Gasteiger partial charge in [0.15, 0.2) is 5.13 Å². The largest absolute Gasteiger partial charge is 0.318 e. The maximum atomic E-state index is 11.7. The van der Waals surface area contributed by atoms with Gasteiger partial charge in [-0.15, -0.1) is 11.3 Å². The highest BCUT2D eigenvalue weighted by molar-refractivity contribution is 14.1. The number of hydrogen-bond donors (Lipinski definition) is 2. The van der Waals surface area contributed by atoms with Gasteiger partial charge in [0.2, 0.25) is 0 Å². The van der Waals surface area contributed by atoms with Crippen LogP contribution < -0.4 is 10.6 Å². The molecule has 20 heavy (non-hydrogen) atoms. The molecule has 2 amide bonds. The second-order valence-corrected chi connectivity index (χ2v) is 6.52. The lowest BCUT2D eigenvalue weighted by Gasteiger charge is -2.04. The van der Waals surface area contributed by atoms with Gasteiger partial charge in [0.1, 0.15) is 0 Å². The third-order valence-electron chi connectivity index (χ3n) is 2.56. The summed E-state index contributed by atoms with van der Waals surface area (Å²) in [6, 6.07) is 7.18. The van der Waals surface area contributed by atoms with Crippen molar-refractivity contribution in [3.05, 3.63) is 38.4 Å². The molecule has 7 heteroatoms. The van der Waals surface area contributed by atoms with Crippen LogP contribution in [0.3, 0.4) is 0 Å². The number of anilines is 2. The first-order valence-corrected chi connectivity index (χ1v) is 7.67. The number of nitrogens with one attached hydrogen (secondary N) is 2. The quantitative estimate of drug-likeness (QED) is 0.601. The summed E-state index contributed by atoms with van der Waals surface area (Å²) < 4.78 is 1.05. The van der Waals surface area contributed by atoms with Crippen molar-refractivity contribution in [1.82, 2.24) is 4.98 Å². The molecule has 0 saturated carbocycles. The van der Waals surface area contributed by atoms with Crippen LogP contribution in [0.1, 0.15) is 10.6 Å². The molecule has 104 valence electrons. The molecule has 0 saturated heterocycles. The first-order chi connectivity index (χ1) is 9.45. The summed E-state index contributed by atoms with van der Waals surface area (Å²) in [5.74, 6) is -1.44. The van der Waals surface area contributed by atoms with E-state index < -0.39 is 11.8 Å². The van der Waals surface area contributed by atoms with Crippen molar-refractivity contribution >= 4 is 56.6 Å². The van der Waals surface area contributed by atoms with Gasteiger partial charge in [0, 0.05) is 14.1 Å². The molecule has 0 aliphatic carbocycles. The van der Waals surface area contributed by atoms with Crippen molar-refractivity contribution in [2.24, 2.45) is 0 Å². The van der Waals surface area contributed by atoms with Crippen molar-refractivity contribution in [3.8, 4) is 0 Å². The fraction of sp³-hybridized carbons (Fsp3) is 0.154. The molecule has 1 aromatic carbocycles. The number of hydrogen-bond acceptors (Lipinski definition) is 4. The van der Waals surface area contributed by atoms with Crippen LogP contribution in [0.2, 0.25) is 0 Å². The van der Waals surface area contributed by atoms with E-state index in [-0.39, 0.29) is 0 Å². The molecule has 0 radical (unpaired) electrons. The average Bonchev–Trinajstić information content (AvgIpc) is 2.71. The Labute approximate surface area is 133 Å². The Morgan fingerprint density at radius 1 is 1.10 bits per heavy atom. The minimum atomic E-state index is -0.725. The van der Waals surface area contributed by atoms with E-state index in [9.17, 15) is 9.59 Å². The van der Waals surface area contributed by atoms with Crippen LogP contribution >= 0.6 is 33.9 Å².